The second-order valence-electron chi connectivity index (χ2n) is 5.01. The fraction of sp³-hybridized carbons (Fsp3) is 0.294. The number of pyridine rings is 1. The topological polar surface area (TPSA) is 39.2 Å². The largest absolute Gasteiger partial charge is 0.462 e. The van der Waals surface area contributed by atoms with Crippen molar-refractivity contribution >= 4 is 5.97 Å². The number of hydrogen-bond acceptors (Lipinski definition) is 3. The van der Waals surface area contributed by atoms with Crippen LogP contribution in [-0.4, -0.2) is 17.6 Å². The van der Waals surface area contributed by atoms with E-state index in [0.717, 1.165) is 5.56 Å². The molecule has 2 rings (SSSR count). The van der Waals surface area contributed by atoms with Crippen molar-refractivity contribution in [3.8, 4) is 11.3 Å². The van der Waals surface area contributed by atoms with Crippen LogP contribution in [0.15, 0.2) is 36.4 Å². The quantitative estimate of drug-likeness (QED) is 0.792. The molecular formula is C17H18FNO2. The lowest BCUT2D eigenvalue weighted by molar-refractivity contribution is 0.0524. The summed E-state index contributed by atoms with van der Waals surface area (Å²) >= 11 is 0. The first-order valence-corrected chi connectivity index (χ1v) is 6.97. The number of halogens is 1. The number of carbonyl (C=O) groups is 1. The maximum Gasteiger partial charge on any atom is 0.339 e. The van der Waals surface area contributed by atoms with Gasteiger partial charge in [0, 0.05) is 5.56 Å². The number of benzene rings is 1. The van der Waals surface area contributed by atoms with E-state index in [9.17, 15) is 9.18 Å². The second-order valence-corrected chi connectivity index (χ2v) is 5.01. The molecule has 2 aromatic rings. The minimum atomic E-state index is -0.362. The highest BCUT2D eigenvalue weighted by Crippen LogP contribution is 2.24. The molecule has 0 amide bonds. The zero-order chi connectivity index (χ0) is 15.4. The van der Waals surface area contributed by atoms with Crippen LogP contribution < -0.4 is 0 Å². The van der Waals surface area contributed by atoms with Crippen molar-refractivity contribution in [3.63, 3.8) is 0 Å². The summed E-state index contributed by atoms with van der Waals surface area (Å²) in [6, 6.07) is 9.61. The van der Waals surface area contributed by atoms with Gasteiger partial charge >= 0.3 is 5.97 Å². The van der Waals surface area contributed by atoms with Crippen molar-refractivity contribution in [1.82, 2.24) is 4.98 Å². The summed E-state index contributed by atoms with van der Waals surface area (Å²) in [6.45, 7) is 6.04. The Balaban J connectivity index is 2.45. The molecule has 0 unspecified atom stereocenters. The predicted molar refractivity (Wildman–Crippen MR) is 79.7 cm³/mol. The summed E-state index contributed by atoms with van der Waals surface area (Å²) < 4.78 is 18.0. The standard InChI is InChI=1S/C17H18FNO2/c1-4-21-17(20)14-9-10-15(19-16(14)11(2)3)12-5-7-13(18)8-6-12/h5-11H,4H2,1-3H3. The molecule has 0 saturated heterocycles. The van der Waals surface area contributed by atoms with Crippen molar-refractivity contribution in [3.05, 3.63) is 53.5 Å². The zero-order valence-corrected chi connectivity index (χ0v) is 12.4. The minimum absolute atomic E-state index is 0.0878. The van der Waals surface area contributed by atoms with E-state index in [1.807, 2.05) is 13.8 Å². The third-order valence-corrected chi connectivity index (χ3v) is 3.11. The number of carbonyl (C=O) groups excluding carboxylic acids is 1. The summed E-state index contributed by atoms with van der Waals surface area (Å²) in [7, 11) is 0. The van der Waals surface area contributed by atoms with Crippen LogP contribution in [0.3, 0.4) is 0 Å². The average Bonchev–Trinajstić information content (AvgIpc) is 2.47. The highest BCUT2D eigenvalue weighted by molar-refractivity contribution is 5.91. The molecule has 3 nitrogen and oxygen atoms in total. The van der Waals surface area contributed by atoms with Gasteiger partial charge in [0.2, 0.25) is 0 Å². The normalized spacial score (nSPS) is 10.7. The van der Waals surface area contributed by atoms with Gasteiger partial charge in [-0.25, -0.2) is 9.18 Å². The van der Waals surface area contributed by atoms with E-state index in [-0.39, 0.29) is 17.7 Å². The smallest absolute Gasteiger partial charge is 0.339 e. The fourth-order valence-corrected chi connectivity index (χ4v) is 2.08. The minimum Gasteiger partial charge on any atom is -0.462 e. The third-order valence-electron chi connectivity index (χ3n) is 3.11. The van der Waals surface area contributed by atoms with Crippen LogP contribution in [0.2, 0.25) is 0 Å². The van der Waals surface area contributed by atoms with Crippen molar-refractivity contribution in [2.24, 2.45) is 0 Å². The van der Waals surface area contributed by atoms with Crippen LogP contribution in [-0.2, 0) is 4.74 Å². The Kier molecular flexibility index (Phi) is 4.68. The molecule has 0 fully saturated rings. The maximum absolute atomic E-state index is 13.0. The molecule has 0 atom stereocenters. The summed E-state index contributed by atoms with van der Waals surface area (Å²) in [6.07, 6.45) is 0. The first kappa shape index (κ1) is 15.2. The number of aromatic nitrogens is 1. The molecule has 1 heterocycles. The van der Waals surface area contributed by atoms with E-state index in [1.165, 1.54) is 12.1 Å². The summed E-state index contributed by atoms with van der Waals surface area (Å²) in [5.41, 5.74) is 2.70. The Hall–Kier alpha value is -2.23. The molecule has 1 aromatic heterocycles. The third kappa shape index (κ3) is 3.45. The molecule has 0 N–H and O–H groups in total. The van der Waals surface area contributed by atoms with Gasteiger partial charge in [0.1, 0.15) is 5.82 Å². The van der Waals surface area contributed by atoms with Crippen LogP contribution >= 0.6 is 0 Å². The molecule has 110 valence electrons. The molecule has 0 radical (unpaired) electrons. The van der Waals surface area contributed by atoms with Gasteiger partial charge in [-0.1, -0.05) is 13.8 Å². The molecular weight excluding hydrogens is 269 g/mol. The van der Waals surface area contributed by atoms with Crippen LogP contribution in [0, 0.1) is 5.82 Å². The number of esters is 1. The van der Waals surface area contributed by atoms with Gasteiger partial charge in [-0.05, 0) is 49.2 Å². The lowest BCUT2D eigenvalue weighted by Crippen LogP contribution is -2.11. The van der Waals surface area contributed by atoms with Crippen molar-refractivity contribution in [1.29, 1.82) is 0 Å². The molecule has 0 bridgehead atoms. The molecule has 0 spiro atoms. The van der Waals surface area contributed by atoms with Gasteiger partial charge in [0.25, 0.3) is 0 Å². The lowest BCUT2D eigenvalue weighted by Gasteiger charge is -2.13. The number of ether oxygens (including phenoxy) is 1. The van der Waals surface area contributed by atoms with Crippen LogP contribution in [0.1, 0.15) is 42.7 Å². The SMILES string of the molecule is CCOC(=O)c1ccc(-c2ccc(F)cc2)nc1C(C)C. The van der Waals surface area contributed by atoms with Gasteiger partial charge in [-0.3, -0.25) is 4.98 Å². The van der Waals surface area contributed by atoms with Gasteiger partial charge < -0.3 is 4.74 Å². The van der Waals surface area contributed by atoms with Crippen molar-refractivity contribution < 1.29 is 13.9 Å². The number of hydrogen-bond donors (Lipinski definition) is 0. The molecule has 0 aliphatic heterocycles. The second kappa shape index (κ2) is 6.48. The first-order valence-electron chi connectivity index (χ1n) is 6.97. The molecule has 21 heavy (non-hydrogen) atoms. The Labute approximate surface area is 123 Å². The Bertz CT molecular complexity index is 636. The van der Waals surface area contributed by atoms with Crippen molar-refractivity contribution in [2.75, 3.05) is 6.61 Å². The molecule has 0 aliphatic carbocycles. The van der Waals surface area contributed by atoms with E-state index in [4.69, 9.17) is 4.74 Å². The number of rotatable bonds is 4. The van der Waals surface area contributed by atoms with E-state index >= 15 is 0 Å². The van der Waals surface area contributed by atoms with Crippen LogP contribution in [0.4, 0.5) is 4.39 Å². The van der Waals surface area contributed by atoms with E-state index < -0.39 is 0 Å². The molecule has 0 saturated carbocycles. The number of nitrogens with zero attached hydrogens (tertiary/aromatic N) is 1. The Morgan fingerprint density at radius 3 is 2.43 bits per heavy atom. The van der Waals surface area contributed by atoms with Crippen LogP contribution in [0.25, 0.3) is 11.3 Å². The van der Waals surface area contributed by atoms with Crippen LogP contribution in [0.5, 0.6) is 0 Å². The Morgan fingerprint density at radius 1 is 1.19 bits per heavy atom. The van der Waals surface area contributed by atoms with Gasteiger partial charge in [-0.2, -0.15) is 0 Å². The van der Waals surface area contributed by atoms with Gasteiger partial charge in [0.05, 0.1) is 23.6 Å². The van der Waals surface area contributed by atoms with E-state index in [2.05, 4.69) is 4.98 Å². The van der Waals surface area contributed by atoms with E-state index in [1.54, 1.807) is 31.2 Å². The lowest BCUT2D eigenvalue weighted by atomic mass is 10.0. The summed E-state index contributed by atoms with van der Waals surface area (Å²) in [5, 5.41) is 0. The monoisotopic (exact) mass is 287 g/mol. The highest BCUT2D eigenvalue weighted by Gasteiger charge is 2.17. The van der Waals surface area contributed by atoms with Gasteiger partial charge in [-0.15, -0.1) is 0 Å². The summed E-state index contributed by atoms with van der Waals surface area (Å²) in [5.74, 6) is -0.560. The average molecular weight is 287 g/mol. The molecule has 1 aromatic carbocycles. The maximum atomic E-state index is 13.0. The Morgan fingerprint density at radius 2 is 1.86 bits per heavy atom. The first-order chi connectivity index (χ1) is 10.0. The van der Waals surface area contributed by atoms with Crippen molar-refractivity contribution in [2.45, 2.75) is 26.7 Å². The molecule has 0 aliphatic rings. The van der Waals surface area contributed by atoms with Gasteiger partial charge in [0.15, 0.2) is 0 Å². The zero-order valence-electron chi connectivity index (χ0n) is 12.4. The highest BCUT2D eigenvalue weighted by atomic mass is 19.1. The fourth-order valence-electron chi connectivity index (χ4n) is 2.08. The predicted octanol–water partition coefficient (Wildman–Crippen LogP) is 4.19. The van der Waals surface area contributed by atoms with E-state index in [0.29, 0.717) is 23.6 Å². The summed E-state index contributed by atoms with van der Waals surface area (Å²) in [4.78, 5) is 16.5. The molecule has 4 heteroatoms.